The third kappa shape index (κ3) is 6.11. The van der Waals surface area contributed by atoms with Gasteiger partial charge in [-0.15, -0.1) is 0 Å². The Bertz CT molecular complexity index is 842. The van der Waals surface area contributed by atoms with Crippen LogP contribution in [0.3, 0.4) is 0 Å². The van der Waals surface area contributed by atoms with Crippen molar-refractivity contribution in [2.24, 2.45) is 0 Å². The average molecular weight is 458 g/mol. The van der Waals surface area contributed by atoms with E-state index < -0.39 is 64.8 Å². The molecule has 0 aliphatic rings. The van der Waals surface area contributed by atoms with E-state index in [1.54, 1.807) is 0 Å². The van der Waals surface area contributed by atoms with Gasteiger partial charge in [-0.05, 0) is 27.7 Å². The van der Waals surface area contributed by atoms with Crippen LogP contribution in [-0.4, -0.2) is 68.5 Å². The maximum atomic E-state index is 12.2. The van der Waals surface area contributed by atoms with Gasteiger partial charge in [0.1, 0.15) is 6.61 Å². The van der Waals surface area contributed by atoms with Gasteiger partial charge in [0, 0.05) is 22.3 Å². The van der Waals surface area contributed by atoms with Crippen molar-refractivity contribution in [3.8, 4) is 0 Å². The van der Waals surface area contributed by atoms with Gasteiger partial charge >= 0.3 is 41.4 Å². The highest BCUT2D eigenvalue weighted by Crippen LogP contribution is 2.39. The number of esters is 4. The number of carbonyl (C=O) groups is 4. The van der Waals surface area contributed by atoms with E-state index in [1.807, 2.05) is 0 Å². The van der Waals surface area contributed by atoms with Crippen LogP contribution in [0.5, 0.6) is 0 Å². The molecule has 4 N–H and O–H groups in total. The number of carbonyl (C=O) groups excluding carboxylic acids is 4. The molecule has 178 valence electrons. The summed E-state index contributed by atoms with van der Waals surface area (Å²) in [6.07, 6.45) is 0. The second-order valence-corrected chi connectivity index (χ2v) is 6.85. The minimum Gasteiger partial charge on any atom is -0.419 e. The second kappa shape index (κ2) is 10.3. The highest BCUT2D eigenvalue weighted by atomic mass is 16.9. The van der Waals surface area contributed by atoms with Gasteiger partial charge in [-0.1, -0.05) is 26.3 Å². The molecule has 0 saturated heterocycles. The molecule has 2 atom stereocenters. The Kier molecular flexibility index (Phi) is 9.26. The predicted octanol–water partition coefficient (Wildman–Crippen LogP) is -0.521. The molecule has 12 nitrogen and oxygen atoms in total. The number of hydrogen-bond donors (Lipinski definition) is 4. The van der Waals surface area contributed by atoms with Crippen molar-refractivity contribution in [2.45, 2.75) is 45.2 Å². The van der Waals surface area contributed by atoms with E-state index >= 15 is 0 Å². The summed E-state index contributed by atoms with van der Waals surface area (Å²) in [5.41, 5.74) is -1.67. The highest BCUT2D eigenvalue weighted by Gasteiger charge is 2.75. The van der Waals surface area contributed by atoms with E-state index in [2.05, 4.69) is 45.3 Å². The molecule has 0 heterocycles. The quantitative estimate of drug-likeness (QED) is 0.134. The number of aliphatic hydroxyl groups is 4. The summed E-state index contributed by atoms with van der Waals surface area (Å²) in [5.74, 6) is -18.2. The lowest BCUT2D eigenvalue weighted by Crippen LogP contribution is -2.75. The van der Waals surface area contributed by atoms with Crippen LogP contribution in [0.15, 0.2) is 48.6 Å². The molecular formula is C20H26O12. The normalized spacial score (nSPS) is 14.6. The van der Waals surface area contributed by atoms with Crippen LogP contribution in [0.1, 0.15) is 27.7 Å². The third-order valence-electron chi connectivity index (χ3n) is 3.53. The summed E-state index contributed by atoms with van der Waals surface area (Å²) in [7, 11) is 0. The monoisotopic (exact) mass is 458 g/mol. The molecule has 0 aliphatic heterocycles. The molecule has 0 aromatic rings. The number of aliphatic hydroxyl groups excluding tert-OH is 1. The van der Waals surface area contributed by atoms with Gasteiger partial charge < -0.3 is 39.4 Å². The molecule has 0 aliphatic carbocycles. The first-order valence-electron chi connectivity index (χ1n) is 8.70. The molecule has 0 fully saturated rings. The van der Waals surface area contributed by atoms with Gasteiger partial charge in [-0.3, -0.25) is 0 Å². The number of rotatable bonds is 11. The maximum absolute atomic E-state index is 12.2. The Labute approximate surface area is 183 Å². The fourth-order valence-electron chi connectivity index (χ4n) is 1.65. The lowest BCUT2D eigenvalue weighted by atomic mass is 10.0. The van der Waals surface area contributed by atoms with Crippen molar-refractivity contribution in [1.82, 2.24) is 0 Å². The average Bonchev–Trinajstić information content (AvgIpc) is 2.66. The molecule has 0 bridgehead atoms. The van der Waals surface area contributed by atoms with E-state index in [-0.39, 0.29) is 5.57 Å². The van der Waals surface area contributed by atoms with Gasteiger partial charge in [0.05, 0.1) is 0 Å². The smallest absolute Gasteiger partial charge is 0.419 e. The van der Waals surface area contributed by atoms with Crippen LogP contribution in [-0.2, 0) is 38.1 Å². The minimum atomic E-state index is -4.19. The van der Waals surface area contributed by atoms with Crippen molar-refractivity contribution < 1.29 is 58.6 Å². The molecule has 0 radical (unpaired) electrons. The van der Waals surface area contributed by atoms with Gasteiger partial charge in [-0.2, -0.15) is 0 Å². The predicted molar refractivity (Wildman–Crippen MR) is 106 cm³/mol. The number of ether oxygens (including phenoxy) is 4. The molecular weight excluding hydrogens is 432 g/mol. The van der Waals surface area contributed by atoms with E-state index in [0.29, 0.717) is 0 Å². The summed E-state index contributed by atoms with van der Waals surface area (Å²) in [5, 5.41) is 42.4. The van der Waals surface area contributed by atoms with Crippen molar-refractivity contribution in [3.05, 3.63) is 48.6 Å². The summed E-state index contributed by atoms with van der Waals surface area (Å²) in [6.45, 7) is 15.4. The van der Waals surface area contributed by atoms with Crippen LogP contribution in [0.2, 0.25) is 0 Å². The molecule has 0 aromatic heterocycles. The van der Waals surface area contributed by atoms with Crippen LogP contribution in [0, 0.1) is 0 Å². The standard InChI is InChI=1S/C20H26O12/c1-10(2)14(22)29-18(26,9-21)19(27,30-15(23)11(3)4)20(28,31-16(24)12(5)6)32-17(25)13(7)8/h21,26-28H,1,3,5,7,9H2,2,4,6,8H3. The van der Waals surface area contributed by atoms with Crippen LogP contribution >= 0.6 is 0 Å². The Hall–Kier alpha value is -3.32. The Morgan fingerprint density at radius 3 is 1.19 bits per heavy atom. The molecule has 32 heavy (non-hydrogen) atoms. The van der Waals surface area contributed by atoms with Gasteiger partial charge in [0.2, 0.25) is 0 Å². The fourth-order valence-corrected chi connectivity index (χ4v) is 1.65. The zero-order valence-corrected chi connectivity index (χ0v) is 18.1. The lowest BCUT2D eigenvalue weighted by molar-refractivity contribution is -0.502. The van der Waals surface area contributed by atoms with Crippen LogP contribution in [0.25, 0.3) is 0 Å². The van der Waals surface area contributed by atoms with Gasteiger partial charge in [-0.25, -0.2) is 19.2 Å². The van der Waals surface area contributed by atoms with E-state index in [4.69, 9.17) is 0 Å². The molecule has 12 heteroatoms. The maximum Gasteiger partial charge on any atom is 0.451 e. The molecule has 0 aromatic carbocycles. The topological polar surface area (TPSA) is 186 Å². The third-order valence-corrected chi connectivity index (χ3v) is 3.53. The summed E-state index contributed by atoms with van der Waals surface area (Å²) >= 11 is 0. The lowest BCUT2D eigenvalue weighted by Gasteiger charge is -2.45. The van der Waals surface area contributed by atoms with Gasteiger partial charge in [0.15, 0.2) is 0 Å². The minimum absolute atomic E-state index is 0.383. The summed E-state index contributed by atoms with van der Waals surface area (Å²) in [6, 6.07) is 0. The Morgan fingerprint density at radius 1 is 0.625 bits per heavy atom. The van der Waals surface area contributed by atoms with Crippen molar-refractivity contribution in [1.29, 1.82) is 0 Å². The van der Waals surface area contributed by atoms with Crippen molar-refractivity contribution in [3.63, 3.8) is 0 Å². The molecule has 0 amide bonds. The van der Waals surface area contributed by atoms with E-state index in [9.17, 15) is 39.6 Å². The Morgan fingerprint density at radius 2 is 0.906 bits per heavy atom. The van der Waals surface area contributed by atoms with E-state index in [0.717, 1.165) is 27.7 Å². The van der Waals surface area contributed by atoms with Gasteiger partial charge in [0.25, 0.3) is 0 Å². The molecule has 0 spiro atoms. The zero-order chi connectivity index (χ0) is 25.7. The van der Waals surface area contributed by atoms with Crippen molar-refractivity contribution >= 4 is 23.9 Å². The molecule has 2 unspecified atom stereocenters. The molecule has 0 rings (SSSR count). The van der Waals surface area contributed by atoms with Crippen LogP contribution < -0.4 is 0 Å². The second-order valence-electron chi connectivity index (χ2n) is 6.85. The highest BCUT2D eigenvalue weighted by molar-refractivity contribution is 5.90. The number of hydrogen-bond acceptors (Lipinski definition) is 12. The first-order chi connectivity index (χ1) is 14.4. The zero-order valence-electron chi connectivity index (χ0n) is 18.1. The summed E-state index contributed by atoms with van der Waals surface area (Å²) < 4.78 is 18.2. The first kappa shape index (κ1) is 28.7. The Balaban J connectivity index is 7.07. The van der Waals surface area contributed by atoms with E-state index in [1.165, 1.54) is 0 Å². The fraction of sp³-hybridized carbons (Fsp3) is 0.400. The SMILES string of the molecule is C=C(C)C(=O)OC(O)(CO)C(O)(OC(=O)C(=C)C)C(O)(OC(=O)C(=C)C)OC(=O)C(=C)C. The van der Waals surface area contributed by atoms with Crippen LogP contribution in [0.4, 0.5) is 0 Å². The largest absolute Gasteiger partial charge is 0.451 e. The molecule has 0 saturated carbocycles. The van der Waals surface area contributed by atoms with Crippen molar-refractivity contribution in [2.75, 3.05) is 6.61 Å². The summed E-state index contributed by atoms with van der Waals surface area (Å²) in [4.78, 5) is 48.3. The first-order valence-corrected chi connectivity index (χ1v) is 8.70.